The van der Waals surface area contributed by atoms with Crippen molar-refractivity contribution in [3.8, 4) is 0 Å². The van der Waals surface area contributed by atoms with Crippen molar-refractivity contribution in [1.29, 1.82) is 0 Å². The van der Waals surface area contributed by atoms with E-state index in [4.69, 9.17) is 5.73 Å². The Morgan fingerprint density at radius 3 is 2.65 bits per heavy atom. The maximum atomic E-state index is 10.1. The van der Waals surface area contributed by atoms with E-state index in [1.807, 2.05) is 0 Å². The van der Waals surface area contributed by atoms with Crippen LogP contribution in [-0.2, 0) is 0 Å². The van der Waals surface area contributed by atoms with Gasteiger partial charge in [-0.2, -0.15) is 0 Å². The summed E-state index contributed by atoms with van der Waals surface area (Å²) >= 11 is 0. The van der Waals surface area contributed by atoms with E-state index in [-0.39, 0.29) is 6.10 Å². The first-order valence-corrected chi connectivity index (χ1v) is 9.99. The molecule has 8 atom stereocenters. The van der Waals surface area contributed by atoms with E-state index in [0.29, 0.717) is 16.9 Å². The van der Waals surface area contributed by atoms with Gasteiger partial charge in [-0.1, -0.05) is 25.5 Å². The smallest absolute Gasteiger partial charge is 0.0577 e. The van der Waals surface area contributed by atoms with Crippen molar-refractivity contribution >= 4 is 0 Å². The molecule has 0 saturated heterocycles. The number of hydrogen-bond acceptors (Lipinski definition) is 2. The zero-order valence-corrected chi connectivity index (χ0v) is 15.2. The van der Waals surface area contributed by atoms with Crippen molar-refractivity contribution in [3.05, 3.63) is 11.6 Å². The van der Waals surface area contributed by atoms with Gasteiger partial charge < -0.3 is 10.8 Å². The third-order valence-electron chi connectivity index (χ3n) is 8.79. The zero-order valence-electron chi connectivity index (χ0n) is 15.2. The summed E-state index contributed by atoms with van der Waals surface area (Å²) in [5.41, 5.74) is 8.80. The van der Waals surface area contributed by atoms with Crippen molar-refractivity contribution in [3.63, 3.8) is 0 Å². The molecule has 0 heterocycles. The van der Waals surface area contributed by atoms with Crippen molar-refractivity contribution in [2.24, 2.45) is 40.2 Å². The van der Waals surface area contributed by atoms with E-state index in [9.17, 15) is 5.11 Å². The fourth-order valence-corrected chi connectivity index (χ4v) is 7.55. The van der Waals surface area contributed by atoms with Crippen LogP contribution in [-0.4, -0.2) is 17.3 Å². The van der Waals surface area contributed by atoms with E-state index < -0.39 is 0 Å². The number of nitrogens with two attached hydrogens (primary N) is 1. The van der Waals surface area contributed by atoms with Gasteiger partial charge in [-0.3, -0.25) is 0 Å². The first-order chi connectivity index (χ1) is 10.9. The Labute approximate surface area is 141 Å². The Hall–Kier alpha value is -0.340. The lowest BCUT2D eigenvalue weighted by Crippen LogP contribution is -2.51. The maximum absolute atomic E-state index is 10.1. The second-order valence-electron chi connectivity index (χ2n) is 9.74. The summed E-state index contributed by atoms with van der Waals surface area (Å²) in [6.07, 6.45) is 12.3. The molecular formula is C21H35NO. The van der Waals surface area contributed by atoms with Gasteiger partial charge in [-0.25, -0.2) is 0 Å². The second kappa shape index (κ2) is 5.33. The largest absolute Gasteiger partial charge is 0.393 e. The van der Waals surface area contributed by atoms with Gasteiger partial charge in [0, 0.05) is 6.04 Å². The number of fused-ring (bicyclic) bond motifs is 5. The van der Waals surface area contributed by atoms with Crippen LogP contribution in [0.1, 0.15) is 72.1 Å². The molecule has 2 nitrogen and oxygen atoms in total. The first-order valence-electron chi connectivity index (χ1n) is 9.99. The van der Waals surface area contributed by atoms with Gasteiger partial charge >= 0.3 is 0 Å². The molecule has 2 heteroatoms. The Bertz CT molecular complexity index is 512. The van der Waals surface area contributed by atoms with E-state index in [0.717, 1.165) is 36.5 Å². The number of hydrogen-bond donors (Lipinski definition) is 2. The van der Waals surface area contributed by atoms with Crippen LogP contribution in [0.2, 0.25) is 0 Å². The lowest BCUT2D eigenvalue weighted by Gasteiger charge is -2.58. The summed E-state index contributed by atoms with van der Waals surface area (Å²) in [5, 5.41) is 10.1. The quantitative estimate of drug-likeness (QED) is 0.709. The van der Waals surface area contributed by atoms with Crippen molar-refractivity contribution in [2.75, 3.05) is 0 Å². The minimum Gasteiger partial charge on any atom is -0.393 e. The number of allylic oxidation sites excluding steroid dienone is 1. The van der Waals surface area contributed by atoms with Crippen LogP contribution in [0.3, 0.4) is 0 Å². The zero-order chi connectivity index (χ0) is 16.4. The average Bonchev–Trinajstić information content (AvgIpc) is 2.85. The molecule has 3 saturated carbocycles. The van der Waals surface area contributed by atoms with E-state index in [2.05, 4.69) is 26.8 Å². The van der Waals surface area contributed by atoms with Gasteiger partial charge in [0.15, 0.2) is 0 Å². The molecule has 0 aromatic carbocycles. The van der Waals surface area contributed by atoms with Crippen LogP contribution in [0, 0.1) is 34.5 Å². The molecule has 0 aromatic rings. The summed E-state index contributed by atoms with van der Waals surface area (Å²) in [6.45, 7) is 7.30. The third kappa shape index (κ3) is 2.20. The van der Waals surface area contributed by atoms with Gasteiger partial charge in [-0.15, -0.1) is 0 Å². The number of aliphatic hydroxyl groups excluding tert-OH is 1. The summed E-state index contributed by atoms with van der Waals surface area (Å²) < 4.78 is 0. The van der Waals surface area contributed by atoms with Gasteiger partial charge in [0.2, 0.25) is 0 Å². The molecule has 0 aliphatic heterocycles. The summed E-state index contributed by atoms with van der Waals surface area (Å²) in [4.78, 5) is 0. The van der Waals surface area contributed by atoms with Crippen LogP contribution >= 0.6 is 0 Å². The molecule has 4 rings (SSSR count). The molecule has 0 amide bonds. The van der Waals surface area contributed by atoms with Crippen molar-refractivity contribution in [2.45, 2.75) is 84.3 Å². The molecule has 23 heavy (non-hydrogen) atoms. The minimum atomic E-state index is -0.0892. The monoisotopic (exact) mass is 317 g/mol. The second-order valence-corrected chi connectivity index (χ2v) is 9.74. The molecule has 0 bridgehead atoms. The van der Waals surface area contributed by atoms with Crippen LogP contribution < -0.4 is 5.73 Å². The molecule has 0 unspecified atom stereocenters. The lowest BCUT2D eigenvalue weighted by atomic mass is 9.47. The van der Waals surface area contributed by atoms with Crippen LogP contribution in [0.5, 0.6) is 0 Å². The highest BCUT2D eigenvalue weighted by Crippen LogP contribution is 2.66. The van der Waals surface area contributed by atoms with Crippen molar-refractivity contribution in [1.82, 2.24) is 0 Å². The fourth-order valence-electron chi connectivity index (χ4n) is 7.55. The molecule has 130 valence electrons. The molecule has 3 fully saturated rings. The van der Waals surface area contributed by atoms with Crippen LogP contribution in [0.25, 0.3) is 0 Å². The summed E-state index contributed by atoms with van der Waals surface area (Å²) in [5.74, 6) is 3.31. The molecule has 0 spiro atoms. The predicted molar refractivity (Wildman–Crippen MR) is 94.8 cm³/mol. The van der Waals surface area contributed by atoms with Gasteiger partial charge in [0.25, 0.3) is 0 Å². The fraction of sp³-hybridized carbons (Fsp3) is 0.905. The van der Waals surface area contributed by atoms with Crippen molar-refractivity contribution < 1.29 is 5.11 Å². The van der Waals surface area contributed by atoms with E-state index in [1.54, 1.807) is 5.57 Å². The highest BCUT2D eigenvalue weighted by Gasteiger charge is 2.58. The molecular weight excluding hydrogens is 282 g/mol. The summed E-state index contributed by atoms with van der Waals surface area (Å²) in [7, 11) is 0. The Morgan fingerprint density at radius 1 is 1.13 bits per heavy atom. The number of aliphatic hydroxyl groups is 1. The predicted octanol–water partition coefficient (Wildman–Crippen LogP) is 4.27. The number of rotatable bonds is 1. The maximum Gasteiger partial charge on any atom is 0.0577 e. The first kappa shape index (κ1) is 16.1. The summed E-state index contributed by atoms with van der Waals surface area (Å²) in [6, 6.07) is 0.344. The lowest BCUT2D eigenvalue weighted by molar-refractivity contribution is -0.0520. The highest BCUT2D eigenvalue weighted by atomic mass is 16.3. The van der Waals surface area contributed by atoms with Crippen LogP contribution in [0.4, 0.5) is 0 Å². The molecule has 4 aliphatic carbocycles. The van der Waals surface area contributed by atoms with Gasteiger partial charge in [-0.05, 0) is 92.8 Å². The SMILES string of the molecule is C[C@H](N)[C@@H]1CC[C@@H]2[C@H]3CC=C4C[C@@H](O)CC[C@]4(C)[C@@H]3CC[C@@]21C. The van der Waals surface area contributed by atoms with Gasteiger partial charge in [0.1, 0.15) is 0 Å². The molecule has 0 radical (unpaired) electrons. The average molecular weight is 318 g/mol. The Kier molecular flexibility index (Phi) is 3.74. The van der Waals surface area contributed by atoms with E-state index in [1.165, 1.54) is 38.5 Å². The molecule has 3 N–H and O–H groups in total. The minimum absolute atomic E-state index is 0.0892. The van der Waals surface area contributed by atoms with E-state index >= 15 is 0 Å². The Balaban J connectivity index is 1.65. The molecule has 4 aliphatic rings. The Morgan fingerprint density at radius 2 is 1.91 bits per heavy atom. The van der Waals surface area contributed by atoms with Crippen LogP contribution in [0.15, 0.2) is 11.6 Å². The topological polar surface area (TPSA) is 46.2 Å². The standard InChI is InChI=1S/C21H35NO/c1-13(22)17-6-7-18-16-5-4-14-12-15(23)8-10-20(14,2)19(16)9-11-21(17,18)3/h4,13,15-19,23H,5-12,22H2,1-3H3/t13-,15-,16+,17-,18+,19+,20-,21+/m0/s1. The third-order valence-corrected chi connectivity index (χ3v) is 8.79. The van der Waals surface area contributed by atoms with Gasteiger partial charge in [0.05, 0.1) is 6.10 Å². The molecule has 0 aromatic heterocycles. The highest BCUT2D eigenvalue weighted by molar-refractivity contribution is 5.25. The normalized spacial score (nSPS) is 53.8.